The summed E-state index contributed by atoms with van der Waals surface area (Å²) in [6.45, 7) is 5.72. The molecule has 0 aromatic carbocycles. The van der Waals surface area contributed by atoms with E-state index >= 15 is 0 Å². The molecule has 1 aliphatic rings. The second-order valence-electron chi connectivity index (χ2n) is 5.28. The van der Waals surface area contributed by atoms with E-state index in [4.69, 9.17) is 0 Å². The minimum Gasteiger partial charge on any atom is -0.309 e. The number of hydrogen-bond acceptors (Lipinski definition) is 2. The highest BCUT2D eigenvalue weighted by atomic mass is 15.1. The van der Waals surface area contributed by atoms with Crippen LogP contribution in [0.15, 0.2) is 12.3 Å². The van der Waals surface area contributed by atoms with Crippen LogP contribution in [0.25, 0.3) is 0 Å². The van der Waals surface area contributed by atoms with Gasteiger partial charge >= 0.3 is 0 Å². The Morgan fingerprint density at radius 2 is 2.44 bits per heavy atom. The Kier molecular flexibility index (Phi) is 3.99. The number of H-pyrrole nitrogens is 1. The number of hydrogen-bond donors (Lipinski definition) is 2. The zero-order chi connectivity index (χ0) is 11.4. The van der Waals surface area contributed by atoms with Crippen LogP contribution in [-0.4, -0.2) is 16.7 Å². The smallest absolute Gasteiger partial charge is 0.0518 e. The third-order valence-electron chi connectivity index (χ3n) is 3.75. The van der Waals surface area contributed by atoms with Gasteiger partial charge in [-0.3, -0.25) is 5.10 Å². The fourth-order valence-electron chi connectivity index (χ4n) is 2.71. The summed E-state index contributed by atoms with van der Waals surface area (Å²) in [4.78, 5) is 0. The molecule has 3 unspecified atom stereocenters. The number of rotatable bonds is 4. The van der Waals surface area contributed by atoms with Gasteiger partial charge in [0.25, 0.3) is 0 Å². The maximum absolute atomic E-state index is 3.99. The number of nitrogens with one attached hydrogen (secondary N) is 2. The molecule has 0 radical (unpaired) electrons. The quantitative estimate of drug-likeness (QED) is 0.820. The highest BCUT2D eigenvalue weighted by Crippen LogP contribution is 2.28. The van der Waals surface area contributed by atoms with Gasteiger partial charge in [0.15, 0.2) is 0 Å². The van der Waals surface area contributed by atoms with Crippen molar-refractivity contribution in [3.05, 3.63) is 18.0 Å². The molecule has 1 aromatic heterocycles. The second kappa shape index (κ2) is 5.48. The molecule has 2 N–H and O–H groups in total. The van der Waals surface area contributed by atoms with Crippen molar-refractivity contribution >= 4 is 0 Å². The van der Waals surface area contributed by atoms with E-state index < -0.39 is 0 Å². The lowest BCUT2D eigenvalue weighted by molar-refractivity contribution is 0.268. The SMILES string of the molecule is CC1CCCC(CNC(C)c2ccn[nH]2)C1. The molecular formula is C13H23N3. The van der Waals surface area contributed by atoms with Crippen molar-refractivity contribution in [2.45, 2.75) is 45.6 Å². The van der Waals surface area contributed by atoms with E-state index in [1.54, 1.807) is 0 Å². The van der Waals surface area contributed by atoms with Crippen molar-refractivity contribution in [2.24, 2.45) is 11.8 Å². The van der Waals surface area contributed by atoms with Gasteiger partial charge in [0.2, 0.25) is 0 Å². The summed E-state index contributed by atoms with van der Waals surface area (Å²) >= 11 is 0. The van der Waals surface area contributed by atoms with Crippen LogP contribution in [0.2, 0.25) is 0 Å². The van der Waals surface area contributed by atoms with Crippen molar-refractivity contribution in [1.82, 2.24) is 15.5 Å². The Morgan fingerprint density at radius 1 is 1.56 bits per heavy atom. The highest BCUT2D eigenvalue weighted by molar-refractivity contribution is 5.02. The first-order chi connectivity index (χ1) is 7.75. The zero-order valence-corrected chi connectivity index (χ0v) is 10.4. The fraction of sp³-hybridized carbons (Fsp3) is 0.769. The van der Waals surface area contributed by atoms with Crippen LogP contribution in [-0.2, 0) is 0 Å². The topological polar surface area (TPSA) is 40.7 Å². The highest BCUT2D eigenvalue weighted by Gasteiger charge is 2.19. The van der Waals surface area contributed by atoms with Crippen molar-refractivity contribution < 1.29 is 0 Å². The van der Waals surface area contributed by atoms with Crippen LogP contribution < -0.4 is 5.32 Å². The predicted molar refractivity (Wildman–Crippen MR) is 66.1 cm³/mol. The van der Waals surface area contributed by atoms with E-state index in [0.717, 1.165) is 18.4 Å². The number of nitrogens with zero attached hydrogens (tertiary/aromatic N) is 1. The predicted octanol–water partition coefficient (Wildman–Crippen LogP) is 2.89. The molecule has 0 spiro atoms. The molecule has 16 heavy (non-hydrogen) atoms. The average Bonchev–Trinajstić information content (AvgIpc) is 2.79. The Labute approximate surface area is 98.0 Å². The summed E-state index contributed by atoms with van der Waals surface area (Å²) in [6.07, 6.45) is 7.44. The molecule has 1 aliphatic carbocycles. The minimum atomic E-state index is 0.389. The maximum Gasteiger partial charge on any atom is 0.0518 e. The zero-order valence-electron chi connectivity index (χ0n) is 10.4. The van der Waals surface area contributed by atoms with Crippen LogP contribution in [0.3, 0.4) is 0 Å². The van der Waals surface area contributed by atoms with Gasteiger partial charge in [0.1, 0.15) is 0 Å². The van der Waals surface area contributed by atoms with Gasteiger partial charge in [-0.1, -0.05) is 19.8 Å². The molecule has 3 heteroatoms. The number of aromatic amines is 1. The van der Waals surface area contributed by atoms with E-state index in [-0.39, 0.29) is 0 Å². The molecule has 90 valence electrons. The van der Waals surface area contributed by atoms with Crippen molar-refractivity contribution in [3.63, 3.8) is 0 Å². The number of aromatic nitrogens is 2. The monoisotopic (exact) mass is 221 g/mol. The summed E-state index contributed by atoms with van der Waals surface area (Å²) in [5.74, 6) is 1.79. The Hall–Kier alpha value is -0.830. The van der Waals surface area contributed by atoms with Crippen LogP contribution in [0.1, 0.15) is 51.3 Å². The molecule has 0 saturated heterocycles. The standard InChI is InChI=1S/C13H23N3/c1-10-4-3-5-12(8-10)9-14-11(2)13-6-7-15-16-13/h6-7,10-12,14H,3-5,8-9H2,1-2H3,(H,15,16). The van der Waals surface area contributed by atoms with Gasteiger partial charge in [-0.2, -0.15) is 5.10 Å². The van der Waals surface area contributed by atoms with Crippen LogP contribution >= 0.6 is 0 Å². The van der Waals surface area contributed by atoms with E-state index in [1.807, 2.05) is 12.3 Å². The first-order valence-corrected chi connectivity index (χ1v) is 6.48. The Morgan fingerprint density at radius 3 is 3.12 bits per heavy atom. The van der Waals surface area contributed by atoms with Crippen LogP contribution in [0.5, 0.6) is 0 Å². The van der Waals surface area contributed by atoms with Gasteiger partial charge in [-0.25, -0.2) is 0 Å². The molecule has 1 fully saturated rings. The first-order valence-electron chi connectivity index (χ1n) is 6.48. The molecule has 0 aliphatic heterocycles. The third kappa shape index (κ3) is 3.08. The molecule has 0 bridgehead atoms. The van der Waals surface area contributed by atoms with Gasteiger partial charge in [0.05, 0.1) is 5.69 Å². The summed E-state index contributed by atoms with van der Waals surface area (Å²) < 4.78 is 0. The second-order valence-corrected chi connectivity index (χ2v) is 5.28. The maximum atomic E-state index is 3.99. The molecule has 1 saturated carbocycles. The molecule has 0 amide bonds. The van der Waals surface area contributed by atoms with Gasteiger partial charge in [-0.05, 0) is 44.2 Å². The lowest BCUT2D eigenvalue weighted by Crippen LogP contribution is -2.28. The lowest BCUT2D eigenvalue weighted by Gasteiger charge is -2.27. The van der Waals surface area contributed by atoms with E-state index in [1.165, 1.54) is 31.4 Å². The average molecular weight is 221 g/mol. The summed E-state index contributed by atoms with van der Waals surface area (Å²) in [6, 6.07) is 2.43. The minimum absolute atomic E-state index is 0.389. The molecule has 3 nitrogen and oxygen atoms in total. The van der Waals surface area contributed by atoms with E-state index in [0.29, 0.717) is 6.04 Å². The summed E-state index contributed by atoms with van der Waals surface area (Å²) in [5, 5.41) is 10.6. The van der Waals surface area contributed by atoms with Crippen molar-refractivity contribution in [3.8, 4) is 0 Å². The van der Waals surface area contributed by atoms with E-state index in [2.05, 4.69) is 29.4 Å². The largest absolute Gasteiger partial charge is 0.309 e. The van der Waals surface area contributed by atoms with Crippen molar-refractivity contribution in [2.75, 3.05) is 6.54 Å². The third-order valence-corrected chi connectivity index (χ3v) is 3.75. The van der Waals surface area contributed by atoms with Gasteiger partial charge in [0, 0.05) is 12.2 Å². The van der Waals surface area contributed by atoms with E-state index in [9.17, 15) is 0 Å². The van der Waals surface area contributed by atoms with Gasteiger partial charge in [-0.15, -0.1) is 0 Å². The normalized spacial score (nSPS) is 27.9. The Bertz CT molecular complexity index is 294. The summed E-state index contributed by atoms with van der Waals surface area (Å²) in [5.41, 5.74) is 1.18. The molecule has 1 heterocycles. The Balaban J connectivity index is 1.74. The molecule has 3 atom stereocenters. The summed E-state index contributed by atoms with van der Waals surface area (Å²) in [7, 11) is 0. The molecule has 1 aromatic rings. The lowest BCUT2D eigenvalue weighted by atomic mass is 9.82. The first kappa shape index (κ1) is 11.6. The molecular weight excluding hydrogens is 198 g/mol. The van der Waals surface area contributed by atoms with Crippen molar-refractivity contribution in [1.29, 1.82) is 0 Å². The fourth-order valence-corrected chi connectivity index (χ4v) is 2.71. The molecule has 2 rings (SSSR count). The van der Waals surface area contributed by atoms with Crippen LogP contribution in [0.4, 0.5) is 0 Å². The van der Waals surface area contributed by atoms with Crippen LogP contribution in [0, 0.1) is 11.8 Å². The van der Waals surface area contributed by atoms with Gasteiger partial charge < -0.3 is 5.32 Å².